The van der Waals surface area contributed by atoms with Gasteiger partial charge in [-0.1, -0.05) is 11.6 Å². The second-order valence-electron chi connectivity index (χ2n) is 4.83. The van der Waals surface area contributed by atoms with Gasteiger partial charge in [-0.15, -0.1) is 11.3 Å². The number of rotatable bonds is 4. The van der Waals surface area contributed by atoms with Crippen LogP contribution in [0.3, 0.4) is 0 Å². The molecule has 0 aliphatic rings. The van der Waals surface area contributed by atoms with Crippen LogP contribution in [0.15, 0.2) is 11.4 Å². The summed E-state index contributed by atoms with van der Waals surface area (Å²) in [6.45, 7) is 5.26. The Morgan fingerprint density at radius 2 is 2.11 bits per heavy atom. The molecule has 1 rings (SSSR count). The lowest BCUT2D eigenvalue weighted by molar-refractivity contribution is -0.117. The van der Waals surface area contributed by atoms with Gasteiger partial charge in [-0.2, -0.15) is 0 Å². The van der Waals surface area contributed by atoms with Gasteiger partial charge < -0.3 is 10.1 Å². The van der Waals surface area contributed by atoms with Gasteiger partial charge >= 0.3 is 6.09 Å². The van der Waals surface area contributed by atoms with Crippen molar-refractivity contribution in [2.75, 3.05) is 6.54 Å². The van der Waals surface area contributed by atoms with Crippen molar-refractivity contribution in [1.29, 1.82) is 0 Å². The number of alkyl carbamates (subject to hydrolysis) is 1. The normalized spacial score (nSPS) is 11.1. The van der Waals surface area contributed by atoms with Crippen LogP contribution in [-0.4, -0.2) is 24.0 Å². The lowest BCUT2D eigenvalue weighted by atomic mass is 10.2. The molecule has 0 radical (unpaired) electrons. The van der Waals surface area contributed by atoms with Crippen molar-refractivity contribution >= 4 is 34.8 Å². The minimum absolute atomic E-state index is 0.0393. The Hall–Kier alpha value is -1.07. The quantitative estimate of drug-likeness (QED) is 0.927. The molecule has 6 heteroatoms. The molecule has 1 aromatic heterocycles. The summed E-state index contributed by atoms with van der Waals surface area (Å²) in [6.07, 6.45) is -0.321. The molecule has 100 valence electrons. The average Bonchev–Trinajstić information content (AvgIpc) is 2.58. The van der Waals surface area contributed by atoms with E-state index in [0.717, 1.165) is 5.56 Å². The monoisotopic (exact) mass is 289 g/mol. The fourth-order valence-electron chi connectivity index (χ4n) is 1.21. The number of ketones is 1. The minimum Gasteiger partial charge on any atom is -0.444 e. The predicted molar refractivity (Wildman–Crippen MR) is 72.3 cm³/mol. The molecule has 0 fully saturated rings. The zero-order valence-electron chi connectivity index (χ0n) is 10.6. The van der Waals surface area contributed by atoms with Gasteiger partial charge in [-0.05, 0) is 37.8 Å². The Morgan fingerprint density at radius 3 is 2.61 bits per heavy atom. The van der Waals surface area contributed by atoms with E-state index in [1.165, 1.54) is 11.3 Å². The van der Waals surface area contributed by atoms with Crippen molar-refractivity contribution in [3.8, 4) is 0 Å². The second-order valence-corrected chi connectivity index (χ2v) is 6.37. The van der Waals surface area contributed by atoms with Crippen LogP contribution in [0.5, 0.6) is 0 Å². The van der Waals surface area contributed by atoms with Crippen LogP contribution < -0.4 is 5.32 Å². The summed E-state index contributed by atoms with van der Waals surface area (Å²) in [5.41, 5.74) is 0.301. The van der Waals surface area contributed by atoms with Crippen LogP contribution in [0.1, 0.15) is 26.3 Å². The number of carbonyl (C=O) groups is 2. The molecule has 0 unspecified atom stereocenters. The molecule has 0 aliphatic heterocycles. The van der Waals surface area contributed by atoms with E-state index in [-0.39, 0.29) is 18.7 Å². The predicted octanol–water partition coefficient (Wildman–Crippen LogP) is 3.04. The Morgan fingerprint density at radius 1 is 1.44 bits per heavy atom. The Labute approximate surface area is 115 Å². The molecule has 0 bridgehead atoms. The standard InChI is InChI=1S/C12H16ClNO3S/c1-12(2,3)17-11(16)14-6-9(15)4-8-5-10(13)18-7-8/h5,7H,4,6H2,1-3H3,(H,14,16). The molecule has 0 aromatic carbocycles. The van der Waals surface area contributed by atoms with Gasteiger partial charge in [0.25, 0.3) is 0 Å². The number of halogens is 1. The van der Waals surface area contributed by atoms with E-state index in [0.29, 0.717) is 4.34 Å². The van der Waals surface area contributed by atoms with Crippen molar-refractivity contribution in [2.45, 2.75) is 32.8 Å². The smallest absolute Gasteiger partial charge is 0.408 e. The maximum atomic E-state index is 11.6. The van der Waals surface area contributed by atoms with Crippen LogP contribution >= 0.6 is 22.9 Å². The Kier molecular flexibility index (Phi) is 5.16. The lowest BCUT2D eigenvalue weighted by Gasteiger charge is -2.19. The molecule has 0 aliphatic carbocycles. The van der Waals surface area contributed by atoms with Gasteiger partial charge in [0.1, 0.15) is 5.60 Å². The summed E-state index contributed by atoms with van der Waals surface area (Å²) in [5, 5.41) is 4.25. The molecule has 1 aromatic rings. The molecule has 1 amide bonds. The van der Waals surface area contributed by atoms with E-state index in [9.17, 15) is 9.59 Å². The largest absolute Gasteiger partial charge is 0.444 e. The van der Waals surface area contributed by atoms with E-state index in [1.807, 2.05) is 5.38 Å². The number of amides is 1. The molecule has 0 spiro atoms. The highest BCUT2D eigenvalue weighted by Crippen LogP contribution is 2.20. The molecule has 1 heterocycles. The van der Waals surface area contributed by atoms with E-state index >= 15 is 0 Å². The summed E-state index contributed by atoms with van der Waals surface area (Å²) in [7, 11) is 0. The molecule has 4 nitrogen and oxygen atoms in total. The summed E-state index contributed by atoms with van der Waals surface area (Å²) >= 11 is 7.14. The topological polar surface area (TPSA) is 55.4 Å². The number of thiophene rings is 1. The van der Waals surface area contributed by atoms with Crippen molar-refractivity contribution in [1.82, 2.24) is 5.32 Å². The number of ether oxygens (including phenoxy) is 1. The highest BCUT2D eigenvalue weighted by atomic mass is 35.5. The zero-order chi connectivity index (χ0) is 13.8. The number of hydrogen-bond donors (Lipinski definition) is 1. The molecule has 1 N–H and O–H groups in total. The first-order valence-electron chi connectivity index (χ1n) is 5.48. The van der Waals surface area contributed by atoms with E-state index < -0.39 is 11.7 Å². The number of carbonyl (C=O) groups excluding carboxylic acids is 2. The van der Waals surface area contributed by atoms with E-state index in [4.69, 9.17) is 16.3 Å². The lowest BCUT2D eigenvalue weighted by Crippen LogP contribution is -2.35. The molecule has 0 saturated carbocycles. The Balaban J connectivity index is 2.31. The summed E-state index contributed by atoms with van der Waals surface area (Å²) in [4.78, 5) is 22.9. The zero-order valence-corrected chi connectivity index (χ0v) is 12.2. The Bertz CT molecular complexity index is 437. The van der Waals surface area contributed by atoms with Crippen molar-refractivity contribution < 1.29 is 14.3 Å². The first-order valence-corrected chi connectivity index (χ1v) is 6.73. The first kappa shape index (κ1) is 15.0. The van der Waals surface area contributed by atoms with Crippen LogP contribution in [0.4, 0.5) is 4.79 Å². The fraction of sp³-hybridized carbons (Fsp3) is 0.500. The molecular formula is C12H16ClNO3S. The van der Waals surface area contributed by atoms with Crippen molar-refractivity contribution in [2.24, 2.45) is 0 Å². The maximum absolute atomic E-state index is 11.6. The SMILES string of the molecule is CC(C)(C)OC(=O)NCC(=O)Cc1csc(Cl)c1. The maximum Gasteiger partial charge on any atom is 0.408 e. The fourth-order valence-corrected chi connectivity index (χ4v) is 2.12. The molecule has 0 atom stereocenters. The van der Waals surface area contributed by atoms with E-state index in [2.05, 4.69) is 5.32 Å². The summed E-state index contributed by atoms with van der Waals surface area (Å²) in [6, 6.07) is 1.75. The minimum atomic E-state index is -0.584. The number of Topliss-reactive ketones (excluding diaryl/α,β-unsaturated/α-hetero) is 1. The number of hydrogen-bond acceptors (Lipinski definition) is 4. The van der Waals surface area contributed by atoms with Gasteiger partial charge in [-0.25, -0.2) is 4.79 Å². The van der Waals surface area contributed by atoms with Crippen LogP contribution in [0, 0.1) is 0 Å². The van der Waals surface area contributed by atoms with Crippen molar-refractivity contribution in [3.63, 3.8) is 0 Å². The van der Waals surface area contributed by atoms with Crippen LogP contribution in [0.25, 0.3) is 0 Å². The molecule has 18 heavy (non-hydrogen) atoms. The van der Waals surface area contributed by atoms with Crippen LogP contribution in [-0.2, 0) is 16.0 Å². The third-order valence-corrected chi connectivity index (χ3v) is 2.99. The van der Waals surface area contributed by atoms with Gasteiger partial charge in [0.2, 0.25) is 0 Å². The van der Waals surface area contributed by atoms with E-state index in [1.54, 1.807) is 26.8 Å². The third kappa shape index (κ3) is 6.02. The molecular weight excluding hydrogens is 274 g/mol. The highest BCUT2D eigenvalue weighted by Gasteiger charge is 2.16. The van der Waals surface area contributed by atoms with Crippen molar-refractivity contribution in [3.05, 3.63) is 21.3 Å². The number of nitrogens with one attached hydrogen (secondary N) is 1. The summed E-state index contributed by atoms with van der Waals surface area (Å²) in [5.74, 6) is -0.0877. The van der Waals surface area contributed by atoms with Gasteiger partial charge in [0, 0.05) is 6.42 Å². The summed E-state index contributed by atoms with van der Waals surface area (Å²) < 4.78 is 5.67. The highest BCUT2D eigenvalue weighted by molar-refractivity contribution is 7.14. The van der Waals surface area contributed by atoms with Crippen LogP contribution in [0.2, 0.25) is 4.34 Å². The average molecular weight is 290 g/mol. The van der Waals surface area contributed by atoms with Gasteiger partial charge in [0.15, 0.2) is 5.78 Å². The second kappa shape index (κ2) is 6.20. The third-order valence-electron chi connectivity index (χ3n) is 1.85. The van der Waals surface area contributed by atoms with Gasteiger partial charge in [0.05, 0.1) is 10.9 Å². The molecule has 0 saturated heterocycles. The first-order chi connectivity index (χ1) is 8.26. The van der Waals surface area contributed by atoms with Gasteiger partial charge in [-0.3, -0.25) is 4.79 Å².